The summed E-state index contributed by atoms with van der Waals surface area (Å²) < 4.78 is 25.2. The number of carbonyl (C=O) groups excluding carboxylic acids is 1. The summed E-state index contributed by atoms with van der Waals surface area (Å²) in [6.45, 7) is 0.410. The lowest BCUT2D eigenvalue weighted by Crippen LogP contribution is -2.54. The number of fused-ring (bicyclic) bond motifs is 2. The van der Waals surface area contributed by atoms with Crippen molar-refractivity contribution in [1.82, 2.24) is 4.31 Å². The second-order valence-corrected chi connectivity index (χ2v) is 7.31. The van der Waals surface area contributed by atoms with Gasteiger partial charge < -0.3 is 0 Å². The van der Waals surface area contributed by atoms with Crippen molar-refractivity contribution >= 4 is 15.9 Å². The Morgan fingerprint density at radius 2 is 1.93 bits per heavy atom. The molecule has 1 aliphatic heterocycles. The fourth-order valence-electron chi connectivity index (χ4n) is 3.28. The van der Waals surface area contributed by atoms with Crippen molar-refractivity contribution in [1.29, 1.82) is 0 Å². The number of hydrogen-bond acceptors (Lipinski definition) is 3. The van der Waals surface area contributed by atoms with Crippen LogP contribution in [0.25, 0.3) is 0 Å². The van der Waals surface area contributed by atoms with E-state index in [0.29, 0.717) is 18.9 Å². The smallest absolute Gasteiger partial charge is 0.243 e. The summed E-state index contributed by atoms with van der Waals surface area (Å²) in [5.74, 6) is 0.385. The maximum Gasteiger partial charge on any atom is 0.243 e. The molecular formula is C10H15NO3S. The zero-order chi connectivity index (χ0) is 10.7. The Morgan fingerprint density at radius 1 is 1.27 bits per heavy atom. The second-order valence-electron chi connectivity index (χ2n) is 5.05. The second kappa shape index (κ2) is 2.75. The Kier molecular flexibility index (Phi) is 1.77. The molecule has 0 radical (unpaired) electrons. The third kappa shape index (κ3) is 1.07. The number of sulfonamides is 1. The first kappa shape index (κ1) is 9.63. The molecule has 3 fully saturated rings. The minimum atomic E-state index is -3.34. The first-order valence-corrected chi connectivity index (χ1v) is 7.04. The average molecular weight is 229 g/mol. The van der Waals surface area contributed by atoms with Gasteiger partial charge in [-0.3, -0.25) is 4.79 Å². The molecule has 2 saturated carbocycles. The highest BCUT2D eigenvalue weighted by Crippen LogP contribution is 2.53. The molecule has 2 bridgehead atoms. The van der Waals surface area contributed by atoms with Crippen molar-refractivity contribution in [3.05, 3.63) is 0 Å². The summed E-state index contributed by atoms with van der Waals surface area (Å²) in [7, 11) is -3.34. The van der Waals surface area contributed by atoms with Crippen LogP contribution < -0.4 is 0 Å². The maximum absolute atomic E-state index is 12.3. The van der Waals surface area contributed by atoms with E-state index in [2.05, 4.69) is 0 Å². The van der Waals surface area contributed by atoms with Crippen molar-refractivity contribution in [2.45, 2.75) is 43.3 Å². The highest BCUT2D eigenvalue weighted by atomic mass is 32.2. The van der Waals surface area contributed by atoms with Gasteiger partial charge in [0.25, 0.3) is 0 Å². The first-order chi connectivity index (χ1) is 7.05. The van der Waals surface area contributed by atoms with Crippen molar-refractivity contribution in [3.8, 4) is 0 Å². The summed E-state index contributed by atoms with van der Waals surface area (Å²) in [6.07, 6.45) is 4.79. The van der Waals surface area contributed by atoms with E-state index in [4.69, 9.17) is 0 Å². The molecule has 0 aromatic carbocycles. The molecule has 1 saturated heterocycles. The van der Waals surface area contributed by atoms with Crippen LogP contribution in [0.4, 0.5) is 0 Å². The molecule has 5 heteroatoms. The van der Waals surface area contributed by atoms with Crippen molar-refractivity contribution in [2.24, 2.45) is 5.92 Å². The molecule has 1 amide bonds. The number of hydrogen-bond donors (Lipinski definition) is 0. The van der Waals surface area contributed by atoms with Gasteiger partial charge >= 0.3 is 0 Å². The van der Waals surface area contributed by atoms with E-state index in [1.807, 2.05) is 0 Å². The number of nitrogens with zero attached hydrogens (tertiary/aromatic N) is 1. The van der Waals surface area contributed by atoms with Crippen LogP contribution in [-0.2, 0) is 14.8 Å². The predicted molar refractivity (Wildman–Crippen MR) is 54.6 cm³/mol. The van der Waals surface area contributed by atoms with Gasteiger partial charge in [0.15, 0.2) is 0 Å². The molecule has 0 unspecified atom stereocenters. The summed E-state index contributed by atoms with van der Waals surface area (Å²) in [5, 5.41) is 0. The van der Waals surface area contributed by atoms with E-state index in [1.165, 1.54) is 0 Å². The molecule has 0 aromatic heterocycles. The Morgan fingerprint density at radius 3 is 2.27 bits per heavy atom. The summed E-state index contributed by atoms with van der Waals surface area (Å²) in [4.78, 5) is 11.3. The fraction of sp³-hybridized carbons (Fsp3) is 0.900. The molecule has 0 atom stereocenters. The molecule has 0 spiro atoms. The first-order valence-electron chi connectivity index (χ1n) is 5.60. The zero-order valence-electron chi connectivity index (χ0n) is 8.61. The average Bonchev–Trinajstić information content (AvgIpc) is 2.75. The van der Waals surface area contributed by atoms with Crippen LogP contribution >= 0.6 is 0 Å². The van der Waals surface area contributed by atoms with Crippen LogP contribution in [0.3, 0.4) is 0 Å². The van der Waals surface area contributed by atoms with E-state index >= 15 is 0 Å². The van der Waals surface area contributed by atoms with Crippen molar-refractivity contribution in [2.75, 3.05) is 6.54 Å². The van der Waals surface area contributed by atoms with Gasteiger partial charge in [0, 0.05) is 13.0 Å². The van der Waals surface area contributed by atoms with E-state index in [0.717, 1.165) is 36.4 Å². The molecule has 2 aliphatic carbocycles. The highest BCUT2D eigenvalue weighted by Gasteiger charge is 2.57. The lowest BCUT2D eigenvalue weighted by molar-refractivity contribution is -0.133. The lowest BCUT2D eigenvalue weighted by Gasteiger charge is -2.37. The molecule has 84 valence electrons. The minimum absolute atomic E-state index is 0.209. The predicted octanol–water partition coefficient (Wildman–Crippen LogP) is 0.881. The third-order valence-electron chi connectivity index (χ3n) is 4.32. The molecule has 3 aliphatic rings. The van der Waals surface area contributed by atoms with Gasteiger partial charge in [-0.1, -0.05) is 0 Å². The van der Waals surface area contributed by atoms with Gasteiger partial charge in [-0.2, -0.15) is 0 Å². The van der Waals surface area contributed by atoms with Crippen LogP contribution in [0.15, 0.2) is 0 Å². The third-order valence-corrected chi connectivity index (χ3v) is 6.96. The SMILES string of the molecule is O=C1CCN1S(=O)(=O)C12CCC(CC1)C2. The van der Waals surface area contributed by atoms with E-state index < -0.39 is 14.8 Å². The van der Waals surface area contributed by atoms with Gasteiger partial charge in [0.2, 0.25) is 15.9 Å². The van der Waals surface area contributed by atoms with Crippen LogP contribution in [-0.4, -0.2) is 29.9 Å². The van der Waals surface area contributed by atoms with E-state index in [-0.39, 0.29) is 5.91 Å². The summed E-state index contributed by atoms with van der Waals surface area (Å²) in [5.41, 5.74) is 0. The van der Waals surface area contributed by atoms with Gasteiger partial charge in [0.05, 0.1) is 4.75 Å². The monoisotopic (exact) mass is 229 g/mol. The molecule has 0 N–H and O–H groups in total. The number of carbonyl (C=O) groups is 1. The van der Waals surface area contributed by atoms with E-state index in [9.17, 15) is 13.2 Å². The fourth-order valence-corrected chi connectivity index (χ4v) is 5.64. The number of β-lactam (4-membered cyclic amide) rings is 1. The lowest BCUT2D eigenvalue weighted by atomic mass is 10.0. The Balaban J connectivity index is 1.95. The van der Waals surface area contributed by atoms with Crippen LogP contribution in [0.1, 0.15) is 38.5 Å². The molecule has 1 heterocycles. The normalized spacial score (nSPS) is 39.6. The highest BCUT2D eigenvalue weighted by molar-refractivity contribution is 7.91. The van der Waals surface area contributed by atoms with Gasteiger partial charge in [0.1, 0.15) is 0 Å². The Bertz CT molecular complexity index is 406. The molecule has 3 rings (SSSR count). The topological polar surface area (TPSA) is 54.5 Å². The van der Waals surface area contributed by atoms with Gasteiger partial charge in [-0.25, -0.2) is 12.7 Å². The maximum atomic E-state index is 12.3. The van der Waals surface area contributed by atoms with Gasteiger partial charge in [-0.05, 0) is 38.0 Å². The number of amides is 1. The van der Waals surface area contributed by atoms with Crippen molar-refractivity contribution < 1.29 is 13.2 Å². The van der Waals surface area contributed by atoms with Gasteiger partial charge in [-0.15, -0.1) is 0 Å². The quantitative estimate of drug-likeness (QED) is 0.660. The molecule has 0 aromatic rings. The minimum Gasteiger partial charge on any atom is -0.274 e. The Hall–Kier alpha value is -0.580. The standard InChI is InChI=1S/C10H15NO3S/c12-9-3-6-11(9)15(13,14)10-4-1-8(7-10)2-5-10/h8H,1-7H2. The summed E-state index contributed by atoms with van der Waals surface area (Å²) in [6, 6.07) is 0. The van der Waals surface area contributed by atoms with Crippen LogP contribution in [0.5, 0.6) is 0 Å². The molecule has 15 heavy (non-hydrogen) atoms. The zero-order valence-corrected chi connectivity index (χ0v) is 9.42. The number of rotatable bonds is 2. The Labute approximate surface area is 89.7 Å². The molecule has 4 nitrogen and oxygen atoms in total. The summed E-state index contributed by atoms with van der Waals surface area (Å²) >= 11 is 0. The van der Waals surface area contributed by atoms with Crippen molar-refractivity contribution in [3.63, 3.8) is 0 Å². The molecular weight excluding hydrogens is 214 g/mol. The van der Waals surface area contributed by atoms with E-state index in [1.54, 1.807) is 0 Å². The van der Waals surface area contributed by atoms with Crippen LogP contribution in [0.2, 0.25) is 0 Å². The largest absolute Gasteiger partial charge is 0.274 e. The van der Waals surface area contributed by atoms with Crippen LogP contribution in [0, 0.1) is 5.92 Å².